The molecule has 0 fully saturated rings. The second-order valence-corrected chi connectivity index (χ2v) is 11.3. The van der Waals surface area contributed by atoms with E-state index in [1.54, 1.807) is 6.20 Å². The predicted molar refractivity (Wildman–Crippen MR) is 176 cm³/mol. The molecule has 9 rings (SSSR count). The van der Waals surface area contributed by atoms with Gasteiger partial charge in [-0.3, -0.25) is 0 Å². The minimum atomic E-state index is 0.141. The molecular formula is C39H25N5O. The third-order valence-corrected chi connectivity index (χ3v) is 8.70. The Kier molecular flexibility index (Phi) is 5.84. The minimum absolute atomic E-state index is 0.141. The van der Waals surface area contributed by atoms with E-state index in [0.29, 0.717) is 23.2 Å². The minimum Gasteiger partial charge on any atom is -0.456 e. The zero-order chi connectivity index (χ0) is 29.7. The highest BCUT2D eigenvalue weighted by molar-refractivity contribution is 6.09. The Morgan fingerprint density at radius 1 is 0.578 bits per heavy atom. The lowest BCUT2D eigenvalue weighted by Gasteiger charge is -2.29. The van der Waals surface area contributed by atoms with Crippen LogP contribution in [0.15, 0.2) is 138 Å². The summed E-state index contributed by atoms with van der Waals surface area (Å²) in [6.45, 7) is 0. The molecule has 45 heavy (non-hydrogen) atoms. The van der Waals surface area contributed by atoms with Gasteiger partial charge in [-0.2, -0.15) is 5.10 Å². The van der Waals surface area contributed by atoms with Crippen molar-refractivity contribution in [3.63, 3.8) is 0 Å². The van der Waals surface area contributed by atoms with E-state index in [2.05, 4.69) is 83.0 Å². The van der Waals surface area contributed by atoms with Crippen LogP contribution in [-0.2, 0) is 6.42 Å². The number of hydrogen-bond donors (Lipinski definition) is 0. The molecule has 3 heterocycles. The van der Waals surface area contributed by atoms with E-state index in [1.165, 1.54) is 33.2 Å². The first kappa shape index (κ1) is 25.5. The standard InChI is InChI=1S/C39H25N5O/c1-2-10-24(11-3-1)37-41-38(43-39(42-37)33-17-9-21-40-44-33)26-13-8-12-25(22-26)31-23-32-29(27-14-4-5-15-28(27)31)19-20-35-36(32)30-16-6-7-18-34(30)45-35/h1-22,31H,23H2. The zero-order valence-electron chi connectivity index (χ0n) is 24.1. The highest BCUT2D eigenvalue weighted by Crippen LogP contribution is 2.47. The Morgan fingerprint density at radius 3 is 2.24 bits per heavy atom. The maximum absolute atomic E-state index is 6.29. The van der Waals surface area contributed by atoms with Crippen molar-refractivity contribution >= 4 is 21.9 Å². The van der Waals surface area contributed by atoms with Crippen LogP contribution in [0.5, 0.6) is 0 Å². The van der Waals surface area contributed by atoms with Gasteiger partial charge in [0.25, 0.3) is 0 Å². The number of furan rings is 1. The van der Waals surface area contributed by atoms with Crippen molar-refractivity contribution in [3.05, 3.63) is 150 Å². The van der Waals surface area contributed by atoms with Gasteiger partial charge in [0.15, 0.2) is 17.5 Å². The van der Waals surface area contributed by atoms with Gasteiger partial charge in [-0.1, -0.05) is 97.1 Å². The molecule has 5 aromatic carbocycles. The Balaban J connectivity index is 1.20. The molecule has 0 aliphatic heterocycles. The largest absolute Gasteiger partial charge is 0.456 e. The number of para-hydroxylation sites is 1. The average Bonchev–Trinajstić information content (AvgIpc) is 3.51. The van der Waals surface area contributed by atoms with Gasteiger partial charge in [0.05, 0.1) is 0 Å². The molecule has 6 heteroatoms. The summed E-state index contributed by atoms with van der Waals surface area (Å²) in [7, 11) is 0. The summed E-state index contributed by atoms with van der Waals surface area (Å²) >= 11 is 0. The van der Waals surface area contributed by atoms with Crippen molar-refractivity contribution in [2.75, 3.05) is 0 Å². The molecular weight excluding hydrogens is 554 g/mol. The van der Waals surface area contributed by atoms with Crippen LogP contribution >= 0.6 is 0 Å². The van der Waals surface area contributed by atoms with Gasteiger partial charge in [0.1, 0.15) is 16.9 Å². The van der Waals surface area contributed by atoms with Crippen molar-refractivity contribution in [1.29, 1.82) is 0 Å². The summed E-state index contributed by atoms with van der Waals surface area (Å²) in [5.74, 6) is 1.82. The Hall–Kier alpha value is -6.01. The predicted octanol–water partition coefficient (Wildman–Crippen LogP) is 8.92. The van der Waals surface area contributed by atoms with E-state index in [0.717, 1.165) is 34.1 Å². The molecule has 0 saturated carbocycles. The Morgan fingerprint density at radius 2 is 1.36 bits per heavy atom. The van der Waals surface area contributed by atoms with Gasteiger partial charge in [-0.25, -0.2) is 15.0 Å². The van der Waals surface area contributed by atoms with E-state index in [9.17, 15) is 0 Å². The third kappa shape index (κ3) is 4.30. The molecule has 0 bridgehead atoms. The molecule has 1 atom stereocenters. The van der Waals surface area contributed by atoms with Crippen molar-refractivity contribution in [1.82, 2.24) is 25.1 Å². The summed E-state index contributed by atoms with van der Waals surface area (Å²) < 4.78 is 6.29. The maximum atomic E-state index is 6.29. The van der Waals surface area contributed by atoms with Crippen LogP contribution in [-0.4, -0.2) is 25.1 Å². The number of fused-ring (bicyclic) bond motifs is 7. The first-order chi connectivity index (χ1) is 22.3. The molecule has 3 aromatic heterocycles. The molecule has 1 aliphatic rings. The van der Waals surface area contributed by atoms with E-state index < -0.39 is 0 Å². The molecule has 0 N–H and O–H groups in total. The highest BCUT2D eigenvalue weighted by Gasteiger charge is 2.29. The van der Waals surface area contributed by atoms with Crippen LogP contribution in [0.3, 0.4) is 0 Å². The number of aromatic nitrogens is 5. The highest BCUT2D eigenvalue weighted by atomic mass is 16.3. The first-order valence-corrected chi connectivity index (χ1v) is 15.0. The third-order valence-electron chi connectivity index (χ3n) is 8.70. The molecule has 0 amide bonds. The fraction of sp³-hybridized carbons (Fsp3) is 0.0513. The number of benzene rings is 5. The maximum Gasteiger partial charge on any atom is 0.184 e. The summed E-state index contributed by atoms with van der Waals surface area (Å²) in [4.78, 5) is 14.6. The average molecular weight is 580 g/mol. The van der Waals surface area contributed by atoms with Crippen LogP contribution in [0, 0.1) is 0 Å². The van der Waals surface area contributed by atoms with Crippen molar-refractivity contribution in [2.24, 2.45) is 0 Å². The van der Waals surface area contributed by atoms with Gasteiger partial charge < -0.3 is 4.42 Å². The number of hydrogen-bond acceptors (Lipinski definition) is 6. The lowest BCUT2D eigenvalue weighted by molar-refractivity contribution is 0.668. The normalized spacial score (nSPS) is 13.9. The summed E-state index contributed by atoms with van der Waals surface area (Å²) in [6.07, 6.45) is 2.50. The molecule has 1 aliphatic carbocycles. The van der Waals surface area contributed by atoms with Gasteiger partial charge in [-0.05, 0) is 64.6 Å². The Bertz CT molecular complexity index is 2310. The monoisotopic (exact) mass is 579 g/mol. The summed E-state index contributed by atoms with van der Waals surface area (Å²) in [6, 6.07) is 43.7. The van der Waals surface area contributed by atoms with Gasteiger partial charge >= 0.3 is 0 Å². The molecule has 0 spiro atoms. The van der Waals surface area contributed by atoms with Crippen LogP contribution in [0.25, 0.3) is 67.4 Å². The molecule has 8 aromatic rings. The lowest BCUT2D eigenvalue weighted by atomic mass is 9.74. The molecule has 212 valence electrons. The fourth-order valence-corrected chi connectivity index (χ4v) is 6.66. The molecule has 0 saturated heterocycles. The Labute approximate surface area is 259 Å². The van der Waals surface area contributed by atoms with E-state index in [-0.39, 0.29) is 5.92 Å². The fourth-order valence-electron chi connectivity index (χ4n) is 6.66. The molecule has 0 radical (unpaired) electrons. The van der Waals surface area contributed by atoms with E-state index in [4.69, 9.17) is 19.4 Å². The smallest absolute Gasteiger partial charge is 0.184 e. The molecule has 6 nitrogen and oxygen atoms in total. The van der Waals surface area contributed by atoms with Crippen LogP contribution < -0.4 is 0 Å². The zero-order valence-corrected chi connectivity index (χ0v) is 24.1. The second-order valence-electron chi connectivity index (χ2n) is 11.3. The van der Waals surface area contributed by atoms with Crippen LogP contribution in [0.4, 0.5) is 0 Å². The van der Waals surface area contributed by atoms with Gasteiger partial charge in [0.2, 0.25) is 0 Å². The SMILES string of the molecule is c1ccc(-c2nc(-c3cccc(C4Cc5c(ccc6oc7ccccc7c56)-c5ccccc54)c3)nc(-c3cccnn3)n2)cc1. The summed E-state index contributed by atoms with van der Waals surface area (Å²) in [5.41, 5.74) is 10.7. The quantitative estimate of drug-likeness (QED) is 0.207. The topological polar surface area (TPSA) is 77.6 Å². The second kappa shape index (κ2) is 10.3. The van der Waals surface area contributed by atoms with Gasteiger partial charge in [0, 0.05) is 34.0 Å². The van der Waals surface area contributed by atoms with E-state index >= 15 is 0 Å². The first-order valence-electron chi connectivity index (χ1n) is 15.0. The van der Waals surface area contributed by atoms with Gasteiger partial charge in [-0.15, -0.1) is 5.10 Å². The summed E-state index contributed by atoms with van der Waals surface area (Å²) in [5, 5.41) is 10.7. The number of rotatable bonds is 4. The van der Waals surface area contributed by atoms with Crippen molar-refractivity contribution in [2.45, 2.75) is 12.3 Å². The lowest BCUT2D eigenvalue weighted by Crippen LogP contribution is -2.13. The van der Waals surface area contributed by atoms with E-state index in [1.807, 2.05) is 54.6 Å². The van der Waals surface area contributed by atoms with Crippen LogP contribution in [0.1, 0.15) is 22.6 Å². The van der Waals surface area contributed by atoms with Crippen molar-refractivity contribution < 1.29 is 4.42 Å². The van der Waals surface area contributed by atoms with Crippen molar-refractivity contribution in [3.8, 4) is 45.4 Å². The molecule has 1 unspecified atom stereocenters. The number of nitrogens with zero attached hydrogens (tertiary/aromatic N) is 5. The van der Waals surface area contributed by atoms with Crippen LogP contribution in [0.2, 0.25) is 0 Å².